The standard InChI is InChI=1S/C10H21NO2/c1-4-5-6-7-8-11-10(12)9(2)13-3/h9H,4-8H2,1-3H3,(H,11,12). The molecule has 0 bridgehead atoms. The number of carbonyl (C=O) groups is 1. The van der Waals surface area contributed by atoms with Crippen molar-refractivity contribution in [3.05, 3.63) is 0 Å². The van der Waals surface area contributed by atoms with E-state index in [2.05, 4.69) is 12.2 Å². The Morgan fingerprint density at radius 3 is 2.62 bits per heavy atom. The van der Waals surface area contributed by atoms with Gasteiger partial charge < -0.3 is 10.1 Å². The van der Waals surface area contributed by atoms with E-state index in [4.69, 9.17) is 4.74 Å². The van der Waals surface area contributed by atoms with E-state index in [1.807, 2.05) is 0 Å². The smallest absolute Gasteiger partial charge is 0.248 e. The van der Waals surface area contributed by atoms with Crippen LogP contribution in [0.15, 0.2) is 0 Å². The number of rotatable bonds is 7. The number of methoxy groups -OCH3 is 1. The molecule has 0 radical (unpaired) electrons. The van der Waals surface area contributed by atoms with E-state index in [9.17, 15) is 4.79 Å². The third-order valence-corrected chi connectivity index (χ3v) is 2.05. The number of ether oxygens (including phenoxy) is 1. The third kappa shape index (κ3) is 6.58. The van der Waals surface area contributed by atoms with E-state index in [1.165, 1.54) is 19.3 Å². The number of hydrogen-bond donors (Lipinski definition) is 1. The average molecular weight is 187 g/mol. The zero-order valence-electron chi connectivity index (χ0n) is 8.93. The minimum atomic E-state index is -0.328. The number of unbranched alkanes of at least 4 members (excludes halogenated alkanes) is 3. The van der Waals surface area contributed by atoms with Gasteiger partial charge in [0.2, 0.25) is 5.91 Å². The maximum absolute atomic E-state index is 11.2. The Bertz CT molecular complexity index is 137. The predicted octanol–water partition coefficient (Wildman–Crippen LogP) is 1.72. The highest BCUT2D eigenvalue weighted by Gasteiger charge is 2.09. The Balaban J connectivity index is 3.27. The molecule has 0 aromatic carbocycles. The van der Waals surface area contributed by atoms with E-state index in [0.29, 0.717) is 0 Å². The SMILES string of the molecule is CCCCCCNC(=O)C(C)OC. The van der Waals surface area contributed by atoms with Gasteiger partial charge in [0.05, 0.1) is 0 Å². The molecule has 0 saturated heterocycles. The topological polar surface area (TPSA) is 38.3 Å². The van der Waals surface area contributed by atoms with Crippen molar-refractivity contribution in [3.63, 3.8) is 0 Å². The van der Waals surface area contributed by atoms with Gasteiger partial charge >= 0.3 is 0 Å². The Morgan fingerprint density at radius 1 is 1.38 bits per heavy atom. The maximum atomic E-state index is 11.2. The third-order valence-electron chi connectivity index (χ3n) is 2.05. The lowest BCUT2D eigenvalue weighted by Gasteiger charge is -2.09. The number of nitrogens with one attached hydrogen (secondary N) is 1. The van der Waals surface area contributed by atoms with Crippen LogP contribution in [0.25, 0.3) is 0 Å². The van der Waals surface area contributed by atoms with E-state index in [1.54, 1.807) is 14.0 Å². The molecule has 0 fully saturated rings. The van der Waals surface area contributed by atoms with Crippen molar-refractivity contribution >= 4 is 5.91 Å². The molecule has 3 heteroatoms. The van der Waals surface area contributed by atoms with Crippen LogP contribution in [0.2, 0.25) is 0 Å². The van der Waals surface area contributed by atoms with Gasteiger partial charge in [-0.25, -0.2) is 0 Å². The van der Waals surface area contributed by atoms with Gasteiger partial charge in [0.15, 0.2) is 0 Å². The van der Waals surface area contributed by atoms with Gasteiger partial charge in [-0.05, 0) is 13.3 Å². The second-order valence-corrected chi connectivity index (χ2v) is 3.23. The van der Waals surface area contributed by atoms with E-state index in [-0.39, 0.29) is 12.0 Å². The molecule has 3 nitrogen and oxygen atoms in total. The van der Waals surface area contributed by atoms with Crippen molar-refractivity contribution < 1.29 is 9.53 Å². The van der Waals surface area contributed by atoms with Crippen LogP contribution in [0.5, 0.6) is 0 Å². The fourth-order valence-corrected chi connectivity index (χ4v) is 1.01. The highest BCUT2D eigenvalue weighted by Crippen LogP contribution is 1.97. The van der Waals surface area contributed by atoms with Gasteiger partial charge in [0.25, 0.3) is 0 Å². The average Bonchev–Trinajstić information content (AvgIpc) is 2.16. The maximum Gasteiger partial charge on any atom is 0.248 e. The van der Waals surface area contributed by atoms with Crippen LogP contribution >= 0.6 is 0 Å². The van der Waals surface area contributed by atoms with Crippen molar-refractivity contribution in [2.75, 3.05) is 13.7 Å². The second-order valence-electron chi connectivity index (χ2n) is 3.23. The van der Waals surface area contributed by atoms with Crippen LogP contribution < -0.4 is 5.32 Å². The predicted molar refractivity (Wildman–Crippen MR) is 53.6 cm³/mol. The number of hydrogen-bond acceptors (Lipinski definition) is 2. The molecule has 0 spiro atoms. The molecule has 13 heavy (non-hydrogen) atoms. The molecule has 0 aromatic heterocycles. The normalized spacial score (nSPS) is 12.5. The van der Waals surface area contributed by atoms with Crippen LogP contribution in [0.3, 0.4) is 0 Å². The summed E-state index contributed by atoms with van der Waals surface area (Å²) in [5.74, 6) is -0.0148. The van der Waals surface area contributed by atoms with Crippen LogP contribution in [0.4, 0.5) is 0 Å². The van der Waals surface area contributed by atoms with Crippen LogP contribution in [-0.2, 0) is 9.53 Å². The monoisotopic (exact) mass is 187 g/mol. The summed E-state index contributed by atoms with van der Waals surface area (Å²) in [5.41, 5.74) is 0. The molecular weight excluding hydrogens is 166 g/mol. The lowest BCUT2D eigenvalue weighted by Crippen LogP contribution is -2.34. The fraction of sp³-hybridized carbons (Fsp3) is 0.900. The first kappa shape index (κ1) is 12.4. The van der Waals surface area contributed by atoms with Crippen molar-refractivity contribution in [2.24, 2.45) is 0 Å². The molecular formula is C10H21NO2. The van der Waals surface area contributed by atoms with Crippen molar-refractivity contribution in [3.8, 4) is 0 Å². The summed E-state index contributed by atoms with van der Waals surface area (Å²) in [6.07, 6.45) is 4.40. The van der Waals surface area contributed by atoms with Crippen molar-refractivity contribution in [1.29, 1.82) is 0 Å². The molecule has 0 rings (SSSR count). The van der Waals surface area contributed by atoms with Crippen LogP contribution in [0, 0.1) is 0 Å². The second kappa shape index (κ2) is 8.05. The van der Waals surface area contributed by atoms with Gasteiger partial charge in [-0.1, -0.05) is 26.2 Å². The lowest BCUT2D eigenvalue weighted by molar-refractivity contribution is -0.130. The first-order valence-corrected chi connectivity index (χ1v) is 5.02. The van der Waals surface area contributed by atoms with Crippen molar-refractivity contribution in [1.82, 2.24) is 5.32 Å². The summed E-state index contributed by atoms with van der Waals surface area (Å²) >= 11 is 0. The minimum absolute atomic E-state index is 0.0148. The molecule has 1 unspecified atom stereocenters. The molecule has 0 aliphatic heterocycles. The summed E-state index contributed by atoms with van der Waals surface area (Å²) in [6.45, 7) is 4.69. The van der Waals surface area contributed by atoms with Gasteiger partial charge in [-0.2, -0.15) is 0 Å². The molecule has 1 N–H and O–H groups in total. The fourth-order valence-electron chi connectivity index (χ4n) is 1.01. The Morgan fingerprint density at radius 2 is 2.08 bits per heavy atom. The zero-order chi connectivity index (χ0) is 10.1. The Kier molecular flexibility index (Phi) is 7.69. The number of amides is 1. The zero-order valence-corrected chi connectivity index (χ0v) is 8.93. The molecule has 1 atom stereocenters. The largest absolute Gasteiger partial charge is 0.372 e. The molecule has 0 aliphatic carbocycles. The van der Waals surface area contributed by atoms with E-state index in [0.717, 1.165) is 13.0 Å². The summed E-state index contributed by atoms with van der Waals surface area (Å²) in [4.78, 5) is 11.2. The minimum Gasteiger partial charge on any atom is -0.372 e. The highest BCUT2D eigenvalue weighted by atomic mass is 16.5. The Labute approximate surface area is 80.8 Å². The molecule has 0 aliphatic rings. The van der Waals surface area contributed by atoms with Crippen LogP contribution in [0.1, 0.15) is 39.5 Å². The first-order chi connectivity index (χ1) is 6.22. The molecule has 0 saturated carbocycles. The van der Waals surface area contributed by atoms with Gasteiger partial charge in [0, 0.05) is 13.7 Å². The van der Waals surface area contributed by atoms with Gasteiger partial charge in [0.1, 0.15) is 6.10 Å². The van der Waals surface area contributed by atoms with E-state index < -0.39 is 0 Å². The van der Waals surface area contributed by atoms with Gasteiger partial charge in [-0.3, -0.25) is 4.79 Å². The molecule has 1 amide bonds. The molecule has 0 aromatic rings. The summed E-state index contributed by atoms with van der Waals surface area (Å²) < 4.78 is 4.88. The molecule has 78 valence electrons. The van der Waals surface area contributed by atoms with Crippen molar-refractivity contribution in [2.45, 2.75) is 45.6 Å². The Hall–Kier alpha value is -0.570. The summed E-state index contributed by atoms with van der Waals surface area (Å²) in [5, 5.41) is 2.83. The quantitative estimate of drug-likeness (QED) is 0.616. The highest BCUT2D eigenvalue weighted by molar-refractivity contribution is 5.80. The summed E-state index contributed by atoms with van der Waals surface area (Å²) in [7, 11) is 1.54. The van der Waals surface area contributed by atoms with E-state index >= 15 is 0 Å². The summed E-state index contributed by atoms with van der Waals surface area (Å²) in [6, 6.07) is 0. The van der Waals surface area contributed by atoms with Crippen LogP contribution in [-0.4, -0.2) is 25.7 Å². The first-order valence-electron chi connectivity index (χ1n) is 5.02. The lowest BCUT2D eigenvalue weighted by atomic mass is 10.2. The van der Waals surface area contributed by atoms with Gasteiger partial charge in [-0.15, -0.1) is 0 Å². The molecule has 0 heterocycles. The number of carbonyl (C=O) groups excluding carboxylic acids is 1.